The molecular formula is C10H18N2. The van der Waals surface area contributed by atoms with Crippen molar-refractivity contribution in [1.29, 1.82) is 0 Å². The maximum absolute atomic E-state index is 3.61. The van der Waals surface area contributed by atoms with E-state index in [1.165, 1.54) is 32.5 Å². The average molecular weight is 166 g/mol. The van der Waals surface area contributed by atoms with E-state index < -0.39 is 0 Å². The molecule has 1 N–H and O–H groups in total. The van der Waals surface area contributed by atoms with Crippen LogP contribution in [0.4, 0.5) is 0 Å². The first-order valence-corrected chi connectivity index (χ1v) is 4.91. The third kappa shape index (κ3) is 1.87. The van der Waals surface area contributed by atoms with Crippen LogP contribution in [-0.2, 0) is 0 Å². The summed E-state index contributed by atoms with van der Waals surface area (Å²) in [6.07, 6.45) is 7.18. The minimum absolute atomic E-state index is 0.774. The highest BCUT2D eigenvalue weighted by molar-refractivity contribution is 4.95. The summed E-state index contributed by atoms with van der Waals surface area (Å²) in [5, 5.41) is 3.61. The lowest BCUT2D eigenvalue weighted by Gasteiger charge is -2.37. The Balaban J connectivity index is 1.57. The molecule has 1 aliphatic carbocycles. The Morgan fingerprint density at radius 3 is 2.58 bits per heavy atom. The van der Waals surface area contributed by atoms with E-state index in [1.807, 2.05) is 0 Å². The van der Waals surface area contributed by atoms with E-state index >= 15 is 0 Å². The topological polar surface area (TPSA) is 15.3 Å². The zero-order chi connectivity index (χ0) is 8.39. The van der Waals surface area contributed by atoms with E-state index in [0.29, 0.717) is 0 Å². The zero-order valence-corrected chi connectivity index (χ0v) is 7.79. The smallest absolute Gasteiger partial charge is 0.0322 e. The Morgan fingerprint density at radius 2 is 2.00 bits per heavy atom. The Labute approximate surface area is 74.6 Å². The molecule has 0 bridgehead atoms. The van der Waals surface area contributed by atoms with E-state index in [1.54, 1.807) is 0 Å². The first kappa shape index (κ1) is 8.27. The monoisotopic (exact) mass is 166 g/mol. The molecule has 0 spiro atoms. The molecule has 0 amide bonds. The summed E-state index contributed by atoms with van der Waals surface area (Å²) >= 11 is 0. The van der Waals surface area contributed by atoms with Gasteiger partial charge in [-0.2, -0.15) is 0 Å². The molecule has 0 radical (unpaired) electrons. The van der Waals surface area contributed by atoms with Gasteiger partial charge in [0.05, 0.1) is 0 Å². The molecule has 1 aliphatic heterocycles. The summed E-state index contributed by atoms with van der Waals surface area (Å²) in [4.78, 5) is 2.35. The van der Waals surface area contributed by atoms with Crippen molar-refractivity contribution >= 4 is 0 Å². The van der Waals surface area contributed by atoms with Gasteiger partial charge in [0.2, 0.25) is 0 Å². The third-order valence-electron chi connectivity index (χ3n) is 2.86. The van der Waals surface area contributed by atoms with Crippen LogP contribution in [-0.4, -0.2) is 37.6 Å². The van der Waals surface area contributed by atoms with Crippen molar-refractivity contribution in [2.75, 3.05) is 26.7 Å². The highest BCUT2D eigenvalue weighted by atomic mass is 15.2. The summed E-state index contributed by atoms with van der Waals surface area (Å²) in [5.41, 5.74) is 0. The number of hydrogen-bond acceptors (Lipinski definition) is 2. The fourth-order valence-corrected chi connectivity index (χ4v) is 2.00. The molecule has 1 heterocycles. The number of nitrogens with zero attached hydrogens (tertiary/aromatic N) is 1. The summed E-state index contributed by atoms with van der Waals surface area (Å²) in [6, 6.07) is 0.774. The molecule has 2 aliphatic rings. The van der Waals surface area contributed by atoms with Crippen LogP contribution in [0.3, 0.4) is 0 Å². The van der Waals surface area contributed by atoms with E-state index in [4.69, 9.17) is 0 Å². The van der Waals surface area contributed by atoms with Gasteiger partial charge in [0.15, 0.2) is 0 Å². The Kier molecular flexibility index (Phi) is 2.47. The predicted molar refractivity (Wildman–Crippen MR) is 51.2 cm³/mol. The number of rotatable bonds is 3. The van der Waals surface area contributed by atoms with Crippen molar-refractivity contribution in [2.24, 2.45) is 5.92 Å². The molecule has 2 nitrogen and oxygen atoms in total. The summed E-state index contributed by atoms with van der Waals surface area (Å²) in [6.45, 7) is 3.69. The standard InChI is InChI=1S/C10H18N2/c1-12-7-10(8-12)11-6-9-4-2-3-5-9/h2-3,9-11H,4-8H2,1H3. The van der Waals surface area contributed by atoms with Gasteiger partial charge in [0.25, 0.3) is 0 Å². The molecule has 12 heavy (non-hydrogen) atoms. The van der Waals surface area contributed by atoms with Crippen molar-refractivity contribution in [3.63, 3.8) is 0 Å². The number of likely N-dealkylation sites (N-methyl/N-ethyl adjacent to an activating group) is 1. The first-order valence-electron chi connectivity index (χ1n) is 4.91. The molecule has 0 aromatic carbocycles. The average Bonchev–Trinajstić information content (AvgIpc) is 2.47. The van der Waals surface area contributed by atoms with Gasteiger partial charge < -0.3 is 10.2 Å². The van der Waals surface area contributed by atoms with Crippen LogP contribution in [0.5, 0.6) is 0 Å². The molecule has 0 aromatic rings. The van der Waals surface area contributed by atoms with Gasteiger partial charge in [-0.05, 0) is 32.4 Å². The van der Waals surface area contributed by atoms with Gasteiger partial charge in [-0.25, -0.2) is 0 Å². The van der Waals surface area contributed by atoms with Gasteiger partial charge in [-0.15, -0.1) is 0 Å². The Hall–Kier alpha value is -0.340. The molecule has 0 aromatic heterocycles. The van der Waals surface area contributed by atoms with Crippen LogP contribution in [0.15, 0.2) is 12.2 Å². The normalized spacial score (nSPS) is 26.4. The van der Waals surface area contributed by atoms with Crippen molar-refractivity contribution in [2.45, 2.75) is 18.9 Å². The van der Waals surface area contributed by atoms with Crippen LogP contribution in [0.25, 0.3) is 0 Å². The van der Waals surface area contributed by atoms with Gasteiger partial charge >= 0.3 is 0 Å². The van der Waals surface area contributed by atoms with E-state index in [-0.39, 0.29) is 0 Å². The van der Waals surface area contributed by atoms with Crippen molar-refractivity contribution in [3.05, 3.63) is 12.2 Å². The quantitative estimate of drug-likeness (QED) is 0.625. The van der Waals surface area contributed by atoms with E-state index in [9.17, 15) is 0 Å². The minimum atomic E-state index is 0.774. The number of hydrogen-bond donors (Lipinski definition) is 1. The molecule has 1 fully saturated rings. The van der Waals surface area contributed by atoms with Crippen LogP contribution in [0.1, 0.15) is 12.8 Å². The fraction of sp³-hybridized carbons (Fsp3) is 0.800. The lowest BCUT2D eigenvalue weighted by atomic mass is 10.1. The lowest BCUT2D eigenvalue weighted by molar-refractivity contribution is 0.158. The van der Waals surface area contributed by atoms with Crippen LogP contribution in [0.2, 0.25) is 0 Å². The molecule has 0 saturated carbocycles. The van der Waals surface area contributed by atoms with Crippen molar-refractivity contribution < 1.29 is 0 Å². The van der Waals surface area contributed by atoms with Gasteiger partial charge in [0.1, 0.15) is 0 Å². The molecule has 2 rings (SSSR count). The second-order valence-corrected chi connectivity index (χ2v) is 4.14. The zero-order valence-electron chi connectivity index (χ0n) is 7.79. The van der Waals surface area contributed by atoms with Crippen LogP contribution >= 0.6 is 0 Å². The highest BCUT2D eigenvalue weighted by Gasteiger charge is 2.23. The molecule has 1 saturated heterocycles. The molecule has 0 unspecified atom stereocenters. The predicted octanol–water partition coefficient (Wildman–Crippen LogP) is 0.856. The molecule has 2 heteroatoms. The Bertz CT molecular complexity index is 163. The molecular weight excluding hydrogens is 148 g/mol. The van der Waals surface area contributed by atoms with Gasteiger partial charge in [-0.1, -0.05) is 12.2 Å². The molecule has 0 atom stereocenters. The maximum atomic E-state index is 3.61. The van der Waals surface area contributed by atoms with Crippen molar-refractivity contribution in [3.8, 4) is 0 Å². The number of allylic oxidation sites excluding steroid dienone is 2. The third-order valence-corrected chi connectivity index (χ3v) is 2.86. The van der Waals surface area contributed by atoms with Crippen LogP contribution in [0, 0.1) is 5.92 Å². The summed E-state index contributed by atoms with van der Waals surface area (Å²) in [7, 11) is 2.18. The van der Waals surface area contributed by atoms with E-state index in [0.717, 1.165) is 12.0 Å². The number of nitrogens with one attached hydrogen (secondary N) is 1. The van der Waals surface area contributed by atoms with Gasteiger partial charge in [-0.3, -0.25) is 0 Å². The summed E-state index contributed by atoms with van der Waals surface area (Å²) in [5.74, 6) is 0.885. The summed E-state index contributed by atoms with van der Waals surface area (Å²) < 4.78 is 0. The van der Waals surface area contributed by atoms with Crippen LogP contribution < -0.4 is 5.32 Å². The highest BCUT2D eigenvalue weighted by Crippen LogP contribution is 2.17. The minimum Gasteiger partial charge on any atom is -0.311 e. The maximum Gasteiger partial charge on any atom is 0.0322 e. The second-order valence-electron chi connectivity index (χ2n) is 4.14. The first-order chi connectivity index (χ1) is 5.84. The number of likely N-dealkylation sites (tertiary alicyclic amines) is 1. The fourth-order valence-electron chi connectivity index (χ4n) is 2.00. The largest absolute Gasteiger partial charge is 0.311 e. The molecule has 68 valence electrons. The SMILES string of the molecule is CN1CC(NCC2CC=CC2)C1. The van der Waals surface area contributed by atoms with Crippen molar-refractivity contribution in [1.82, 2.24) is 10.2 Å². The van der Waals surface area contributed by atoms with Gasteiger partial charge in [0, 0.05) is 19.1 Å². The van der Waals surface area contributed by atoms with E-state index in [2.05, 4.69) is 29.4 Å². The lowest BCUT2D eigenvalue weighted by Crippen LogP contribution is -2.56. The second kappa shape index (κ2) is 3.58. The Morgan fingerprint density at radius 1 is 1.33 bits per heavy atom.